The van der Waals surface area contributed by atoms with Gasteiger partial charge in [-0.15, -0.1) is 0 Å². The Balaban J connectivity index is 2.14. The lowest BCUT2D eigenvalue weighted by Crippen LogP contribution is -2.37. The van der Waals surface area contributed by atoms with Crippen LogP contribution in [0.2, 0.25) is 0 Å². The highest BCUT2D eigenvalue weighted by Gasteiger charge is 2.16. The van der Waals surface area contributed by atoms with Crippen molar-refractivity contribution in [1.82, 2.24) is 4.57 Å². The molecule has 0 saturated carbocycles. The lowest BCUT2D eigenvalue weighted by atomic mass is 10.0. The van der Waals surface area contributed by atoms with E-state index in [0.717, 1.165) is 0 Å². The quantitative estimate of drug-likeness (QED) is 0.0540. The molecule has 2 nitrogen and oxygen atoms in total. The van der Waals surface area contributed by atoms with E-state index in [4.69, 9.17) is 0 Å². The molecule has 1 heterocycles. The third-order valence-electron chi connectivity index (χ3n) is 9.85. The van der Waals surface area contributed by atoms with E-state index in [1.807, 2.05) is 0 Å². The first-order chi connectivity index (χ1) is 21.3. The predicted molar refractivity (Wildman–Crippen MR) is 193 cm³/mol. The summed E-state index contributed by atoms with van der Waals surface area (Å²) in [7, 11) is 0. The van der Waals surface area contributed by atoms with Gasteiger partial charge in [0.05, 0.1) is 13.1 Å². The summed E-state index contributed by atoms with van der Waals surface area (Å²) < 4.78 is 5.24. The second kappa shape index (κ2) is 32.6. The van der Waals surface area contributed by atoms with E-state index >= 15 is 0 Å². The Hall–Kier alpha value is -0.790. The van der Waals surface area contributed by atoms with Crippen molar-refractivity contribution >= 4 is 0 Å². The lowest BCUT2D eigenvalue weighted by molar-refractivity contribution is -0.704. The highest BCUT2D eigenvalue weighted by Crippen LogP contribution is 2.16. The fourth-order valence-corrected chi connectivity index (χ4v) is 6.86. The number of unbranched alkanes of at least 4 members (excludes halogenated alkanes) is 29. The van der Waals surface area contributed by atoms with Crippen molar-refractivity contribution in [1.29, 1.82) is 0 Å². The Morgan fingerprint density at radius 2 is 0.721 bits per heavy atom. The summed E-state index contributed by atoms with van der Waals surface area (Å²) in [4.78, 5) is 0. The highest BCUT2D eigenvalue weighted by atomic mass is 15.1. The Morgan fingerprint density at radius 1 is 0.395 bits per heavy atom. The molecule has 2 heteroatoms. The van der Waals surface area contributed by atoms with E-state index in [1.165, 1.54) is 225 Å². The van der Waals surface area contributed by atoms with Crippen molar-refractivity contribution in [2.45, 2.75) is 246 Å². The zero-order chi connectivity index (χ0) is 30.9. The molecule has 0 saturated heterocycles. The van der Waals surface area contributed by atoms with Crippen molar-refractivity contribution in [3.8, 4) is 0 Å². The molecule has 0 atom stereocenters. The van der Waals surface area contributed by atoms with Crippen LogP contribution in [-0.4, -0.2) is 4.57 Å². The summed E-state index contributed by atoms with van der Waals surface area (Å²) in [6, 6.07) is 0. The topological polar surface area (TPSA) is 8.81 Å². The summed E-state index contributed by atoms with van der Waals surface area (Å²) in [6.07, 6.45) is 51.9. The molecule has 0 N–H and O–H groups in total. The Morgan fingerprint density at radius 3 is 1.12 bits per heavy atom. The molecule has 0 fully saturated rings. The fraction of sp³-hybridized carbons (Fsp3) is 0.927. The standard InChI is InChI=1S/C41H81N2/c1-4-7-10-13-15-17-19-20-21-22-23-24-25-27-29-31-33-36-41-42(37-34-12-9-6-3)39-40-43(41)38-35-32-30-28-26-18-16-14-11-8-5-2/h39-40H,4-38H2,1-3H3/q+1. The summed E-state index contributed by atoms with van der Waals surface area (Å²) in [6.45, 7) is 9.39. The first-order valence-corrected chi connectivity index (χ1v) is 20.4. The Bertz CT molecular complexity index is 663. The van der Waals surface area contributed by atoms with Crippen molar-refractivity contribution in [2.75, 3.05) is 0 Å². The van der Waals surface area contributed by atoms with Gasteiger partial charge in [0, 0.05) is 6.42 Å². The minimum absolute atomic E-state index is 1.22. The molecule has 1 aromatic rings. The maximum absolute atomic E-state index is 2.63. The van der Waals surface area contributed by atoms with Gasteiger partial charge >= 0.3 is 0 Å². The van der Waals surface area contributed by atoms with Crippen LogP contribution < -0.4 is 4.57 Å². The van der Waals surface area contributed by atoms with Crippen molar-refractivity contribution in [2.24, 2.45) is 0 Å². The molecule has 1 rings (SSSR count). The number of imidazole rings is 1. The predicted octanol–water partition coefficient (Wildman–Crippen LogP) is 13.9. The Kier molecular flexibility index (Phi) is 30.5. The van der Waals surface area contributed by atoms with E-state index in [2.05, 4.69) is 42.3 Å². The average Bonchev–Trinajstić information content (AvgIpc) is 3.40. The molecule has 0 spiro atoms. The molecule has 0 radical (unpaired) electrons. The van der Waals surface area contributed by atoms with Crippen LogP contribution in [0.25, 0.3) is 0 Å². The van der Waals surface area contributed by atoms with Gasteiger partial charge in [0.2, 0.25) is 0 Å². The van der Waals surface area contributed by atoms with E-state index in [0.29, 0.717) is 0 Å². The molecule has 0 aliphatic carbocycles. The molecule has 254 valence electrons. The van der Waals surface area contributed by atoms with Gasteiger partial charge in [-0.3, -0.25) is 0 Å². The third kappa shape index (κ3) is 25.1. The van der Waals surface area contributed by atoms with Crippen molar-refractivity contribution in [3.05, 3.63) is 18.2 Å². The molecular weight excluding hydrogens is 520 g/mol. The van der Waals surface area contributed by atoms with Gasteiger partial charge < -0.3 is 0 Å². The largest absolute Gasteiger partial charge is 0.256 e. The van der Waals surface area contributed by atoms with Crippen LogP contribution in [0.15, 0.2) is 12.4 Å². The SMILES string of the molecule is CCCCCCCCCCCCCCCCCCCc1n(CCCCCCCCCCCCC)cc[n+]1CCCCCC. The average molecular weight is 602 g/mol. The van der Waals surface area contributed by atoms with Crippen LogP contribution in [0, 0.1) is 0 Å². The van der Waals surface area contributed by atoms with Crippen LogP contribution >= 0.6 is 0 Å². The van der Waals surface area contributed by atoms with Crippen LogP contribution in [0.5, 0.6) is 0 Å². The monoisotopic (exact) mass is 602 g/mol. The van der Waals surface area contributed by atoms with Crippen LogP contribution in [0.3, 0.4) is 0 Å². The molecule has 0 unspecified atom stereocenters. The maximum atomic E-state index is 2.63. The summed E-state index contributed by atoms with van der Waals surface area (Å²) in [5.74, 6) is 1.62. The number of nitrogens with zero attached hydrogens (tertiary/aromatic N) is 2. The molecule has 0 bridgehead atoms. The first kappa shape index (κ1) is 40.2. The molecule has 0 aliphatic rings. The van der Waals surface area contributed by atoms with Gasteiger partial charge in [0.25, 0.3) is 5.82 Å². The van der Waals surface area contributed by atoms with Gasteiger partial charge in [-0.2, -0.15) is 0 Å². The second-order valence-corrected chi connectivity index (χ2v) is 14.1. The number of rotatable bonds is 35. The Labute approximate surface area is 272 Å². The van der Waals surface area contributed by atoms with Crippen LogP contribution in [-0.2, 0) is 19.5 Å². The van der Waals surface area contributed by atoms with Crippen LogP contribution in [0.1, 0.15) is 232 Å². The van der Waals surface area contributed by atoms with E-state index < -0.39 is 0 Å². The van der Waals surface area contributed by atoms with Gasteiger partial charge in [0.1, 0.15) is 12.4 Å². The van der Waals surface area contributed by atoms with Crippen molar-refractivity contribution in [3.63, 3.8) is 0 Å². The maximum Gasteiger partial charge on any atom is 0.256 e. The number of hydrogen-bond donors (Lipinski definition) is 0. The van der Waals surface area contributed by atoms with E-state index in [1.54, 1.807) is 5.82 Å². The summed E-state index contributed by atoms with van der Waals surface area (Å²) in [5.41, 5.74) is 0. The first-order valence-electron chi connectivity index (χ1n) is 20.4. The number of hydrogen-bond acceptors (Lipinski definition) is 0. The fourth-order valence-electron chi connectivity index (χ4n) is 6.86. The van der Waals surface area contributed by atoms with Gasteiger partial charge in [0.15, 0.2) is 0 Å². The van der Waals surface area contributed by atoms with E-state index in [9.17, 15) is 0 Å². The van der Waals surface area contributed by atoms with E-state index in [-0.39, 0.29) is 0 Å². The highest BCUT2D eigenvalue weighted by molar-refractivity contribution is 4.84. The number of aryl methyl sites for hydroxylation is 2. The zero-order valence-electron chi connectivity index (χ0n) is 30.3. The molecule has 43 heavy (non-hydrogen) atoms. The molecule has 0 aliphatic heterocycles. The van der Waals surface area contributed by atoms with Crippen molar-refractivity contribution < 1.29 is 4.57 Å². The summed E-state index contributed by atoms with van der Waals surface area (Å²) >= 11 is 0. The van der Waals surface area contributed by atoms with Gasteiger partial charge in [-0.05, 0) is 32.1 Å². The normalized spacial score (nSPS) is 11.6. The molecule has 1 aromatic heterocycles. The van der Waals surface area contributed by atoms with Gasteiger partial charge in [-0.1, -0.05) is 194 Å². The number of aromatic nitrogens is 2. The molecule has 0 amide bonds. The molecular formula is C41H81N2+. The minimum atomic E-state index is 1.22. The summed E-state index contributed by atoms with van der Waals surface area (Å²) in [5, 5.41) is 0. The lowest BCUT2D eigenvalue weighted by Gasteiger charge is -2.07. The van der Waals surface area contributed by atoms with Crippen LogP contribution in [0.4, 0.5) is 0 Å². The minimum Gasteiger partial charge on any atom is -0.234 e. The molecule has 0 aromatic carbocycles. The second-order valence-electron chi connectivity index (χ2n) is 14.1. The third-order valence-corrected chi connectivity index (χ3v) is 9.85. The smallest absolute Gasteiger partial charge is 0.234 e. The zero-order valence-corrected chi connectivity index (χ0v) is 30.3. The van der Waals surface area contributed by atoms with Gasteiger partial charge in [-0.25, -0.2) is 9.13 Å².